The van der Waals surface area contributed by atoms with Crippen LogP contribution in [0.3, 0.4) is 0 Å². The van der Waals surface area contributed by atoms with Gasteiger partial charge in [-0.05, 0) is 45.2 Å². The summed E-state index contributed by atoms with van der Waals surface area (Å²) in [5.74, 6) is 2.33. The van der Waals surface area contributed by atoms with Gasteiger partial charge in [-0.2, -0.15) is 4.98 Å². The van der Waals surface area contributed by atoms with Gasteiger partial charge in [0.25, 0.3) is 5.56 Å². The Morgan fingerprint density at radius 1 is 1.13 bits per heavy atom. The summed E-state index contributed by atoms with van der Waals surface area (Å²) < 4.78 is 7.29. The third-order valence-electron chi connectivity index (χ3n) is 7.22. The highest BCUT2D eigenvalue weighted by Crippen LogP contribution is 2.37. The lowest BCUT2D eigenvalue weighted by Crippen LogP contribution is -2.51. The number of nitrogens with zero attached hydrogens (tertiary/aromatic N) is 5. The van der Waals surface area contributed by atoms with Gasteiger partial charge in [0.15, 0.2) is 5.82 Å². The van der Waals surface area contributed by atoms with E-state index < -0.39 is 0 Å². The van der Waals surface area contributed by atoms with E-state index in [1.54, 1.807) is 0 Å². The summed E-state index contributed by atoms with van der Waals surface area (Å²) >= 11 is 0. The summed E-state index contributed by atoms with van der Waals surface area (Å²) in [6, 6.07) is 5.03. The maximum Gasteiger partial charge on any atom is 0.255 e. The molecule has 1 saturated heterocycles. The number of hydrogen-bond donors (Lipinski definition) is 0. The van der Waals surface area contributed by atoms with E-state index in [0.717, 1.165) is 31.2 Å². The highest BCUT2D eigenvalue weighted by atomic mass is 16.5. The molecule has 3 aliphatic rings. The first-order chi connectivity index (χ1) is 14.6. The second-order valence-corrected chi connectivity index (χ2v) is 9.65. The van der Waals surface area contributed by atoms with Crippen LogP contribution < -0.4 is 5.56 Å². The first-order valence-corrected chi connectivity index (χ1v) is 11.5. The number of piperidine rings is 1. The quantitative estimate of drug-likeness (QED) is 0.754. The minimum atomic E-state index is 0.182. The minimum Gasteiger partial charge on any atom is -0.338 e. The SMILES string of the molecule is Cc1noc(CN(C)Cc2ccc3n(c2=O)C[C@H]2C[C@@H]3CN(C3CCCCC3)C2)n1. The molecule has 0 N–H and O–H groups in total. The van der Waals surface area contributed by atoms with Crippen molar-refractivity contribution in [3.63, 3.8) is 0 Å². The van der Waals surface area contributed by atoms with Gasteiger partial charge in [0.2, 0.25) is 5.89 Å². The zero-order valence-electron chi connectivity index (χ0n) is 18.2. The lowest BCUT2D eigenvalue weighted by molar-refractivity contribution is 0.0646. The number of aryl methyl sites for hydroxylation is 1. The molecule has 4 heterocycles. The number of rotatable bonds is 5. The third kappa shape index (κ3) is 3.97. The van der Waals surface area contributed by atoms with Crippen LogP contribution >= 0.6 is 0 Å². The fraction of sp³-hybridized carbons (Fsp3) is 0.696. The molecule has 0 radical (unpaired) electrons. The molecule has 0 unspecified atom stereocenters. The van der Waals surface area contributed by atoms with E-state index in [9.17, 15) is 4.79 Å². The van der Waals surface area contributed by atoms with Crippen LogP contribution in [0.4, 0.5) is 0 Å². The summed E-state index contributed by atoms with van der Waals surface area (Å²) in [6.07, 6.45) is 8.12. The summed E-state index contributed by atoms with van der Waals surface area (Å²) in [4.78, 5) is 22.4. The van der Waals surface area contributed by atoms with Crippen molar-refractivity contribution < 1.29 is 4.52 Å². The van der Waals surface area contributed by atoms with Gasteiger partial charge >= 0.3 is 0 Å². The Morgan fingerprint density at radius 2 is 1.97 bits per heavy atom. The van der Waals surface area contributed by atoms with E-state index in [-0.39, 0.29) is 5.56 Å². The van der Waals surface area contributed by atoms with Gasteiger partial charge in [-0.25, -0.2) is 0 Å². The predicted molar refractivity (Wildman–Crippen MR) is 114 cm³/mol. The lowest BCUT2D eigenvalue weighted by Gasteiger charge is -2.46. The molecule has 2 aromatic heterocycles. The zero-order valence-corrected chi connectivity index (χ0v) is 18.2. The highest BCUT2D eigenvalue weighted by Gasteiger charge is 2.37. The van der Waals surface area contributed by atoms with Crippen molar-refractivity contribution in [3.05, 3.63) is 45.5 Å². The first-order valence-electron chi connectivity index (χ1n) is 11.5. The predicted octanol–water partition coefficient (Wildman–Crippen LogP) is 2.92. The normalized spacial score (nSPS) is 24.9. The molecule has 1 saturated carbocycles. The molecule has 1 aliphatic carbocycles. The Labute approximate surface area is 178 Å². The molecule has 0 amide bonds. The summed E-state index contributed by atoms with van der Waals surface area (Å²) in [5, 5.41) is 3.84. The van der Waals surface area contributed by atoms with Crippen LogP contribution in [0, 0.1) is 12.8 Å². The molecule has 2 atom stereocenters. The maximum atomic E-state index is 13.3. The fourth-order valence-corrected chi connectivity index (χ4v) is 5.87. The van der Waals surface area contributed by atoms with Crippen molar-refractivity contribution in [1.82, 2.24) is 24.5 Å². The Balaban J connectivity index is 1.31. The monoisotopic (exact) mass is 411 g/mol. The van der Waals surface area contributed by atoms with Crippen molar-refractivity contribution in [2.75, 3.05) is 20.1 Å². The van der Waals surface area contributed by atoms with Gasteiger partial charge in [-0.3, -0.25) is 14.6 Å². The molecule has 5 rings (SSSR count). The third-order valence-corrected chi connectivity index (χ3v) is 7.22. The molecule has 7 nitrogen and oxygen atoms in total. The summed E-state index contributed by atoms with van der Waals surface area (Å²) in [7, 11) is 1.99. The smallest absolute Gasteiger partial charge is 0.255 e. The molecule has 2 aromatic rings. The fourth-order valence-electron chi connectivity index (χ4n) is 5.87. The Bertz CT molecular complexity index is 945. The van der Waals surface area contributed by atoms with Crippen LogP contribution in [0.15, 0.2) is 21.5 Å². The Kier molecular flexibility index (Phi) is 5.50. The molecular weight excluding hydrogens is 378 g/mol. The molecule has 0 spiro atoms. The van der Waals surface area contributed by atoms with Gasteiger partial charge in [-0.1, -0.05) is 30.5 Å². The van der Waals surface area contributed by atoms with Crippen LogP contribution in [0.25, 0.3) is 0 Å². The van der Waals surface area contributed by atoms with Crippen LogP contribution in [0.2, 0.25) is 0 Å². The standard InChI is InChI=1S/C23H33N5O2/c1-16-24-22(30-25-16)15-26(2)13-18-8-9-21-19-10-17(12-28(21)23(18)29)11-27(14-19)20-6-4-3-5-7-20/h8-9,17,19-20H,3-7,10-15H2,1-2H3/t17-,19+/m0/s1. The highest BCUT2D eigenvalue weighted by molar-refractivity contribution is 5.22. The van der Waals surface area contributed by atoms with Crippen molar-refractivity contribution in [3.8, 4) is 0 Å². The first kappa shape index (κ1) is 19.9. The topological polar surface area (TPSA) is 67.4 Å². The van der Waals surface area contributed by atoms with Gasteiger partial charge < -0.3 is 9.09 Å². The Hall–Kier alpha value is -1.99. The van der Waals surface area contributed by atoms with E-state index in [1.807, 2.05) is 20.0 Å². The van der Waals surface area contributed by atoms with Gasteiger partial charge in [0.1, 0.15) is 0 Å². The van der Waals surface area contributed by atoms with Crippen LogP contribution in [0.5, 0.6) is 0 Å². The largest absolute Gasteiger partial charge is 0.338 e. The molecule has 162 valence electrons. The van der Waals surface area contributed by atoms with Crippen molar-refractivity contribution in [2.45, 2.75) is 77.0 Å². The van der Waals surface area contributed by atoms with E-state index in [4.69, 9.17) is 4.52 Å². The van der Waals surface area contributed by atoms with Crippen LogP contribution in [-0.2, 0) is 19.6 Å². The minimum absolute atomic E-state index is 0.182. The molecule has 2 fully saturated rings. The molecule has 2 aliphatic heterocycles. The molecular formula is C23H33N5O2. The number of likely N-dealkylation sites (tertiary alicyclic amines) is 1. The van der Waals surface area contributed by atoms with E-state index >= 15 is 0 Å². The molecule has 0 aromatic carbocycles. The average molecular weight is 412 g/mol. The second-order valence-electron chi connectivity index (χ2n) is 9.65. The lowest BCUT2D eigenvalue weighted by atomic mass is 9.81. The van der Waals surface area contributed by atoms with Gasteiger partial charge in [-0.15, -0.1) is 0 Å². The number of pyridine rings is 1. The van der Waals surface area contributed by atoms with Crippen LogP contribution in [0.1, 0.15) is 67.4 Å². The Morgan fingerprint density at radius 3 is 2.73 bits per heavy atom. The van der Waals surface area contributed by atoms with Gasteiger partial charge in [0.05, 0.1) is 6.54 Å². The maximum absolute atomic E-state index is 13.3. The molecule has 30 heavy (non-hydrogen) atoms. The zero-order chi connectivity index (χ0) is 20.7. The van der Waals surface area contributed by atoms with Gasteiger partial charge in [0, 0.05) is 49.4 Å². The number of aromatic nitrogens is 3. The average Bonchev–Trinajstić information content (AvgIpc) is 3.15. The van der Waals surface area contributed by atoms with Crippen LogP contribution in [-0.4, -0.2) is 50.7 Å². The van der Waals surface area contributed by atoms with Crippen molar-refractivity contribution in [2.24, 2.45) is 5.92 Å². The second kappa shape index (κ2) is 8.27. The molecule has 2 bridgehead atoms. The van der Waals surface area contributed by atoms with E-state index in [0.29, 0.717) is 36.6 Å². The summed E-state index contributed by atoms with van der Waals surface area (Å²) in [6.45, 7) is 6.10. The van der Waals surface area contributed by atoms with E-state index in [2.05, 4.69) is 30.6 Å². The van der Waals surface area contributed by atoms with Crippen molar-refractivity contribution >= 4 is 0 Å². The van der Waals surface area contributed by atoms with Crippen molar-refractivity contribution in [1.29, 1.82) is 0 Å². The summed E-state index contributed by atoms with van der Waals surface area (Å²) in [5.41, 5.74) is 2.28. The van der Waals surface area contributed by atoms with E-state index in [1.165, 1.54) is 44.2 Å². The number of fused-ring (bicyclic) bond motifs is 4. The molecule has 7 heteroatoms. The number of hydrogen-bond acceptors (Lipinski definition) is 6.